The number of aromatic amines is 1. The van der Waals surface area contributed by atoms with E-state index in [9.17, 15) is 9.59 Å². The van der Waals surface area contributed by atoms with E-state index in [0.717, 1.165) is 28.6 Å². The number of nitrogens with one attached hydrogen (secondary N) is 1. The van der Waals surface area contributed by atoms with E-state index in [1.807, 2.05) is 42.2 Å². The van der Waals surface area contributed by atoms with Gasteiger partial charge in [-0.3, -0.25) is 4.79 Å². The van der Waals surface area contributed by atoms with E-state index >= 15 is 0 Å². The predicted octanol–water partition coefficient (Wildman–Crippen LogP) is 3.55. The van der Waals surface area contributed by atoms with E-state index in [2.05, 4.69) is 4.98 Å². The number of aromatic nitrogens is 1. The molecule has 3 aromatic rings. The molecule has 4 rings (SSSR count). The number of nitrogens with zero attached hydrogens (tertiary/aromatic N) is 1. The van der Waals surface area contributed by atoms with E-state index in [-0.39, 0.29) is 11.9 Å². The zero-order chi connectivity index (χ0) is 19.7. The zero-order valence-corrected chi connectivity index (χ0v) is 16.0. The molecule has 2 heterocycles. The Morgan fingerprint density at radius 1 is 1.18 bits per heavy atom. The van der Waals surface area contributed by atoms with Gasteiger partial charge in [0.1, 0.15) is 5.75 Å². The van der Waals surface area contributed by atoms with Gasteiger partial charge in [0.25, 0.3) is 5.91 Å². The molecule has 1 N–H and O–H groups in total. The second kappa shape index (κ2) is 7.38. The molecular weight excluding hydrogens is 356 g/mol. The van der Waals surface area contributed by atoms with Crippen molar-refractivity contribution in [3.63, 3.8) is 0 Å². The summed E-state index contributed by atoms with van der Waals surface area (Å²) in [7, 11) is 1.37. The van der Waals surface area contributed by atoms with Gasteiger partial charge in [-0.15, -0.1) is 0 Å². The second-order valence-electron chi connectivity index (χ2n) is 6.74. The molecule has 144 valence electrons. The SMILES string of the molecule is CCOc1ccccc1C(=O)N1CCc2[nH]c3ccc(C(=O)OC)cc3c2C1. The van der Waals surface area contributed by atoms with Crippen molar-refractivity contribution in [1.29, 1.82) is 0 Å². The predicted molar refractivity (Wildman–Crippen MR) is 106 cm³/mol. The summed E-state index contributed by atoms with van der Waals surface area (Å²) in [5.74, 6) is 0.187. The molecule has 0 saturated carbocycles. The van der Waals surface area contributed by atoms with E-state index in [4.69, 9.17) is 9.47 Å². The Balaban J connectivity index is 1.67. The number of hydrogen-bond donors (Lipinski definition) is 1. The number of carbonyl (C=O) groups excluding carboxylic acids is 2. The van der Waals surface area contributed by atoms with Gasteiger partial charge >= 0.3 is 5.97 Å². The van der Waals surface area contributed by atoms with E-state index < -0.39 is 0 Å². The average Bonchev–Trinajstić information content (AvgIpc) is 3.10. The third kappa shape index (κ3) is 3.11. The third-order valence-electron chi connectivity index (χ3n) is 5.10. The fourth-order valence-electron chi connectivity index (χ4n) is 3.73. The maximum Gasteiger partial charge on any atom is 0.337 e. The Labute approximate surface area is 163 Å². The zero-order valence-electron chi connectivity index (χ0n) is 16.0. The molecule has 0 unspecified atom stereocenters. The van der Waals surface area contributed by atoms with Crippen molar-refractivity contribution in [1.82, 2.24) is 9.88 Å². The summed E-state index contributed by atoms with van der Waals surface area (Å²) in [6.07, 6.45) is 0.736. The van der Waals surface area contributed by atoms with Crippen molar-refractivity contribution >= 4 is 22.8 Å². The Kier molecular flexibility index (Phi) is 4.77. The fourth-order valence-corrected chi connectivity index (χ4v) is 3.73. The summed E-state index contributed by atoms with van der Waals surface area (Å²) in [4.78, 5) is 30.3. The summed E-state index contributed by atoms with van der Waals surface area (Å²) < 4.78 is 10.5. The maximum absolute atomic E-state index is 13.1. The second-order valence-corrected chi connectivity index (χ2v) is 6.74. The maximum atomic E-state index is 13.1. The number of benzene rings is 2. The van der Waals surface area contributed by atoms with Gasteiger partial charge in [-0.25, -0.2) is 4.79 Å². The fraction of sp³-hybridized carbons (Fsp3) is 0.273. The molecule has 1 aromatic heterocycles. The van der Waals surface area contributed by atoms with Crippen LogP contribution < -0.4 is 4.74 Å². The van der Waals surface area contributed by atoms with Crippen molar-refractivity contribution in [3.05, 3.63) is 64.8 Å². The van der Waals surface area contributed by atoms with Gasteiger partial charge in [0.05, 0.1) is 24.8 Å². The van der Waals surface area contributed by atoms with E-state index in [1.165, 1.54) is 7.11 Å². The van der Waals surface area contributed by atoms with Crippen LogP contribution in [0.4, 0.5) is 0 Å². The third-order valence-corrected chi connectivity index (χ3v) is 5.10. The molecule has 6 heteroatoms. The number of amides is 1. The van der Waals surface area contributed by atoms with E-state index in [1.54, 1.807) is 12.1 Å². The first-order chi connectivity index (χ1) is 13.6. The van der Waals surface area contributed by atoms with Gasteiger partial charge in [0.15, 0.2) is 0 Å². The normalized spacial score (nSPS) is 13.3. The molecule has 2 aromatic carbocycles. The van der Waals surface area contributed by atoms with Gasteiger partial charge in [0, 0.05) is 41.7 Å². The lowest BCUT2D eigenvalue weighted by atomic mass is 10.0. The highest BCUT2D eigenvalue weighted by Gasteiger charge is 2.26. The van der Waals surface area contributed by atoms with Crippen LogP contribution in [0, 0.1) is 0 Å². The number of ether oxygens (including phenoxy) is 2. The number of fused-ring (bicyclic) bond motifs is 3. The van der Waals surface area contributed by atoms with Crippen LogP contribution >= 0.6 is 0 Å². The highest BCUT2D eigenvalue weighted by atomic mass is 16.5. The van der Waals surface area contributed by atoms with Gasteiger partial charge < -0.3 is 19.4 Å². The minimum absolute atomic E-state index is 0.0480. The first-order valence-electron chi connectivity index (χ1n) is 9.35. The summed E-state index contributed by atoms with van der Waals surface area (Å²) in [6, 6.07) is 12.8. The van der Waals surface area contributed by atoms with Crippen LogP contribution in [0.1, 0.15) is 38.9 Å². The molecule has 0 aliphatic carbocycles. The highest BCUT2D eigenvalue weighted by Crippen LogP contribution is 2.30. The molecule has 1 aliphatic rings. The first-order valence-corrected chi connectivity index (χ1v) is 9.35. The van der Waals surface area contributed by atoms with Gasteiger partial charge in [0.2, 0.25) is 0 Å². The summed E-state index contributed by atoms with van der Waals surface area (Å²) in [6.45, 7) is 3.52. The number of para-hydroxylation sites is 1. The molecule has 0 spiro atoms. The summed E-state index contributed by atoms with van der Waals surface area (Å²) >= 11 is 0. The van der Waals surface area contributed by atoms with Crippen LogP contribution in [0.3, 0.4) is 0 Å². The van der Waals surface area contributed by atoms with Gasteiger partial charge in [-0.1, -0.05) is 12.1 Å². The van der Waals surface area contributed by atoms with Crippen LogP contribution in [0.5, 0.6) is 5.75 Å². The number of carbonyl (C=O) groups is 2. The van der Waals surface area contributed by atoms with Crippen molar-refractivity contribution in [3.8, 4) is 5.75 Å². The largest absolute Gasteiger partial charge is 0.493 e. The lowest BCUT2D eigenvalue weighted by molar-refractivity contribution is 0.0600. The minimum atomic E-state index is -0.369. The monoisotopic (exact) mass is 378 g/mol. The van der Waals surface area contributed by atoms with Crippen LogP contribution in [0.2, 0.25) is 0 Å². The van der Waals surface area contributed by atoms with Crippen molar-refractivity contribution in [2.45, 2.75) is 19.9 Å². The molecule has 0 bridgehead atoms. The number of methoxy groups -OCH3 is 1. The molecule has 1 amide bonds. The summed E-state index contributed by atoms with van der Waals surface area (Å²) in [5.41, 5.74) is 4.19. The Morgan fingerprint density at radius 3 is 2.79 bits per heavy atom. The Bertz CT molecular complexity index is 1050. The van der Waals surface area contributed by atoms with Crippen molar-refractivity contribution in [2.24, 2.45) is 0 Å². The van der Waals surface area contributed by atoms with Gasteiger partial charge in [-0.05, 0) is 37.3 Å². The Morgan fingerprint density at radius 2 is 2.00 bits per heavy atom. The first kappa shape index (κ1) is 18.1. The van der Waals surface area contributed by atoms with Crippen LogP contribution in [-0.4, -0.2) is 42.0 Å². The molecule has 28 heavy (non-hydrogen) atoms. The quantitative estimate of drug-likeness (QED) is 0.705. The molecule has 0 fully saturated rings. The van der Waals surface area contributed by atoms with Gasteiger partial charge in [-0.2, -0.15) is 0 Å². The van der Waals surface area contributed by atoms with Crippen molar-refractivity contribution < 1.29 is 19.1 Å². The topological polar surface area (TPSA) is 71.6 Å². The molecular formula is C22H22N2O4. The lowest BCUT2D eigenvalue weighted by Gasteiger charge is -2.28. The standard InChI is InChI=1S/C22H22N2O4/c1-3-28-20-7-5-4-6-15(20)21(25)24-11-10-19-17(13-24)16-12-14(22(26)27-2)8-9-18(16)23-19/h4-9,12,23H,3,10-11,13H2,1-2H3. The molecule has 6 nitrogen and oxygen atoms in total. The average molecular weight is 378 g/mol. The molecule has 0 radical (unpaired) electrons. The molecule has 1 aliphatic heterocycles. The minimum Gasteiger partial charge on any atom is -0.493 e. The van der Waals surface area contributed by atoms with Crippen molar-refractivity contribution in [2.75, 3.05) is 20.3 Å². The summed E-state index contributed by atoms with van der Waals surface area (Å²) in [5, 5.41) is 0.952. The number of H-pyrrole nitrogens is 1. The van der Waals surface area contributed by atoms with E-state index in [0.29, 0.717) is 36.6 Å². The number of hydrogen-bond acceptors (Lipinski definition) is 4. The number of esters is 1. The van der Waals surface area contributed by atoms with Crippen LogP contribution in [0.25, 0.3) is 10.9 Å². The molecule has 0 saturated heterocycles. The molecule has 0 atom stereocenters. The number of rotatable bonds is 4. The highest BCUT2D eigenvalue weighted by molar-refractivity contribution is 5.98. The lowest BCUT2D eigenvalue weighted by Crippen LogP contribution is -2.36. The smallest absolute Gasteiger partial charge is 0.337 e. The van der Waals surface area contributed by atoms with Crippen LogP contribution in [-0.2, 0) is 17.7 Å². The van der Waals surface area contributed by atoms with Crippen LogP contribution in [0.15, 0.2) is 42.5 Å². The Hall–Kier alpha value is -3.28.